The van der Waals surface area contributed by atoms with Crippen LogP contribution in [0.25, 0.3) is 0 Å². The lowest BCUT2D eigenvalue weighted by Crippen LogP contribution is -2.35. The van der Waals surface area contributed by atoms with E-state index >= 15 is 0 Å². The summed E-state index contributed by atoms with van der Waals surface area (Å²) in [6.45, 7) is 0.292. The molecule has 0 saturated carbocycles. The highest BCUT2D eigenvalue weighted by Gasteiger charge is 2.12. The quantitative estimate of drug-likeness (QED) is 0.940. The van der Waals surface area contributed by atoms with Gasteiger partial charge in [0.1, 0.15) is 0 Å². The van der Waals surface area contributed by atoms with E-state index in [1.54, 1.807) is 36.4 Å². The van der Waals surface area contributed by atoms with Gasteiger partial charge in [0, 0.05) is 5.69 Å². The fourth-order valence-electron chi connectivity index (χ4n) is 1.84. The van der Waals surface area contributed by atoms with Gasteiger partial charge in [0.25, 0.3) is 0 Å². The van der Waals surface area contributed by atoms with Gasteiger partial charge in [-0.3, -0.25) is 4.90 Å². The van der Waals surface area contributed by atoms with Gasteiger partial charge in [0.2, 0.25) is 0 Å². The SMILES string of the molecule is NC(=O)N(Cc1ccc(N=S(=O)=O)cc1)c1ccccc1. The molecule has 0 heterocycles. The Morgan fingerprint density at radius 2 is 1.67 bits per heavy atom. The summed E-state index contributed by atoms with van der Waals surface area (Å²) in [4.78, 5) is 13.0. The van der Waals surface area contributed by atoms with Crippen LogP contribution in [-0.2, 0) is 17.0 Å². The van der Waals surface area contributed by atoms with Gasteiger partial charge in [-0.1, -0.05) is 30.3 Å². The van der Waals surface area contributed by atoms with Crippen LogP contribution in [0.15, 0.2) is 59.0 Å². The molecule has 2 aromatic rings. The molecule has 0 aliphatic heterocycles. The number of primary amides is 1. The first-order chi connectivity index (χ1) is 10.1. The molecule has 21 heavy (non-hydrogen) atoms. The number of carbonyl (C=O) groups excluding carboxylic acids is 1. The monoisotopic (exact) mass is 303 g/mol. The Kier molecular flexibility index (Phi) is 4.68. The summed E-state index contributed by atoms with van der Waals surface area (Å²) in [5.74, 6) is 0. The fraction of sp³-hybridized carbons (Fsp3) is 0.0714. The van der Waals surface area contributed by atoms with Crippen LogP contribution in [0.1, 0.15) is 5.56 Å². The molecule has 0 unspecified atom stereocenters. The van der Waals surface area contributed by atoms with Crippen molar-refractivity contribution in [2.75, 3.05) is 4.90 Å². The molecule has 2 amide bonds. The third-order valence-electron chi connectivity index (χ3n) is 2.79. The Bertz CT molecular complexity index is 748. The van der Waals surface area contributed by atoms with Crippen molar-refractivity contribution in [3.63, 3.8) is 0 Å². The van der Waals surface area contributed by atoms with Crippen LogP contribution < -0.4 is 10.6 Å². The Hall–Kier alpha value is -2.67. The van der Waals surface area contributed by atoms with Crippen LogP contribution in [-0.4, -0.2) is 14.4 Å². The van der Waals surface area contributed by atoms with E-state index in [9.17, 15) is 13.2 Å². The molecule has 0 spiro atoms. The minimum Gasteiger partial charge on any atom is -0.351 e. The molecule has 0 aliphatic carbocycles. The standard InChI is InChI=1S/C14H13N3O3S/c15-14(18)17(13-4-2-1-3-5-13)10-11-6-8-12(9-7-11)16-21(19)20/h1-9H,10H2,(H2,15,18). The van der Waals surface area contributed by atoms with Crippen LogP contribution >= 0.6 is 0 Å². The largest absolute Gasteiger partial charge is 0.351 e. The first-order valence-corrected chi connectivity index (χ1v) is 7.11. The Morgan fingerprint density at radius 3 is 2.19 bits per heavy atom. The summed E-state index contributed by atoms with van der Waals surface area (Å²) in [5, 5.41) is 0. The molecule has 0 atom stereocenters. The van der Waals surface area contributed by atoms with E-state index in [-0.39, 0.29) is 0 Å². The van der Waals surface area contributed by atoms with E-state index in [0.717, 1.165) is 5.56 Å². The maximum atomic E-state index is 11.6. The third-order valence-corrected chi connectivity index (χ3v) is 3.15. The third kappa shape index (κ3) is 4.15. The normalized spacial score (nSPS) is 9.90. The smallest absolute Gasteiger partial charge is 0.319 e. The Balaban J connectivity index is 2.22. The molecule has 6 nitrogen and oxygen atoms in total. The van der Waals surface area contributed by atoms with Gasteiger partial charge in [-0.2, -0.15) is 8.42 Å². The van der Waals surface area contributed by atoms with E-state index in [1.165, 1.54) is 4.90 Å². The van der Waals surface area contributed by atoms with Gasteiger partial charge >= 0.3 is 16.5 Å². The number of amides is 2. The highest BCUT2D eigenvalue weighted by molar-refractivity contribution is 7.61. The first kappa shape index (κ1) is 14.7. The number of hydrogen-bond acceptors (Lipinski definition) is 4. The average molecular weight is 303 g/mol. The summed E-state index contributed by atoms with van der Waals surface area (Å²) < 4.78 is 24.3. The molecule has 0 bridgehead atoms. The Labute approximate surface area is 123 Å². The predicted octanol–water partition coefficient (Wildman–Crippen LogP) is 2.47. The van der Waals surface area contributed by atoms with Crippen LogP contribution in [0, 0.1) is 0 Å². The van der Waals surface area contributed by atoms with Crippen molar-refractivity contribution in [1.29, 1.82) is 0 Å². The second-order valence-electron chi connectivity index (χ2n) is 4.23. The summed E-state index contributed by atoms with van der Waals surface area (Å²) >= 11 is 0. The van der Waals surface area contributed by atoms with Crippen LogP contribution in [0.2, 0.25) is 0 Å². The first-order valence-electron chi connectivity index (χ1n) is 6.08. The molecule has 0 fully saturated rings. The highest BCUT2D eigenvalue weighted by Crippen LogP contribution is 2.18. The Morgan fingerprint density at radius 1 is 1.05 bits per heavy atom. The lowest BCUT2D eigenvalue weighted by Gasteiger charge is -2.20. The number of anilines is 1. The maximum Gasteiger partial charge on any atom is 0.319 e. The molecule has 0 aliphatic rings. The second kappa shape index (κ2) is 6.67. The molecule has 7 heteroatoms. The van der Waals surface area contributed by atoms with E-state index < -0.39 is 16.5 Å². The molecule has 108 valence electrons. The van der Waals surface area contributed by atoms with Crippen molar-refractivity contribution in [1.82, 2.24) is 0 Å². The number of urea groups is 1. The van der Waals surface area contributed by atoms with Crippen LogP contribution in [0.5, 0.6) is 0 Å². The molecular formula is C14H13N3O3S. The predicted molar refractivity (Wildman–Crippen MR) is 79.7 cm³/mol. The molecule has 0 aromatic heterocycles. The average Bonchev–Trinajstić information content (AvgIpc) is 2.46. The van der Waals surface area contributed by atoms with Crippen LogP contribution in [0.3, 0.4) is 0 Å². The number of rotatable bonds is 4. The van der Waals surface area contributed by atoms with Gasteiger partial charge in [0.05, 0.1) is 12.2 Å². The molecule has 0 radical (unpaired) electrons. The zero-order chi connectivity index (χ0) is 15.2. The number of nitrogens with two attached hydrogens (primary N) is 1. The lowest BCUT2D eigenvalue weighted by molar-refractivity contribution is 0.253. The number of carbonyl (C=O) groups is 1. The van der Waals surface area contributed by atoms with Gasteiger partial charge in [0.15, 0.2) is 0 Å². The van der Waals surface area contributed by atoms with Gasteiger partial charge in [-0.05, 0) is 29.8 Å². The van der Waals surface area contributed by atoms with Gasteiger partial charge < -0.3 is 5.73 Å². The molecule has 2 rings (SSSR count). The second-order valence-corrected chi connectivity index (χ2v) is 4.85. The summed E-state index contributed by atoms with van der Waals surface area (Å²) in [6.07, 6.45) is 0. The number of nitrogens with zero attached hydrogens (tertiary/aromatic N) is 2. The molecular weight excluding hydrogens is 290 g/mol. The fourth-order valence-corrected chi connectivity index (χ4v) is 2.13. The van der Waals surface area contributed by atoms with E-state index in [2.05, 4.69) is 4.36 Å². The maximum absolute atomic E-state index is 11.6. The van der Waals surface area contributed by atoms with E-state index in [0.29, 0.717) is 17.9 Å². The van der Waals surface area contributed by atoms with Crippen molar-refractivity contribution in [3.8, 4) is 0 Å². The topological polar surface area (TPSA) is 92.8 Å². The van der Waals surface area contributed by atoms with Crippen molar-refractivity contribution in [2.24, 2.45) is 10.1 Å². The van der Waals surface area contributed by atoms with E-state index in [4.69, 9.17) is 5.73 Å². The summed E-state index contributed by atoms with van der Waals surface area (Å²) in [5.41, 5.74) is 7.24. The van der Waals surface area contributed by atoms with Gasteiger partial charge in [-0.15, -0.1) is 4.36 Å². The zero-order valence-electron chi connectivity index (χ0n) is 11.0. The van der Waals surface area contributed by atoms with Gasteiger partial charge in [-0.25, -0.2) is 4.79 Å². The van der Waals surface area contributed by atoms with E-state index in [1.807, 2.05) is 18.2 Å². The highest BCUT2D eigenvalue weighted by atomic mass is 32.2. The molecule has 2 N–H and O–H groups in total. The minimum atomic E-state index is -2.48. The van der Waals surface area contributed by atoms with Crippen LogP contribution in [0.4, 0.5) is 16.2 Å². The van der Waals surface area contributed by atoms with Crippen molar-refractivity contribution in [3.05, 3.63) is 60.2 Å². The molecule has 2 aromatic carbocycles. The number of benzene rings is 2. The van der Waals surface area contributed by atoms with Crippen molar-refractivity contribution in [2.45, 2.75) is 6.54 Å². The summed E-state index contributed by atoms with van der Waals surface area (Å²) in [7, 11) is -2.48. The number of hydrogen-bond donors (Lipinski definition) is 1. The lowest BCUT2D eigenvalue weighted by atomic mass is 10.2. The zero-order valence-corrected chi connectivity index (χ0v) is 11.8. The molecule has 0 saturated heterocycles. The summed E-state index contributed by atoms with van der Waals surface area (Å²) in [6, 6.07) is 15.0. The number of para-hydroxylation sites is 1. The van der Waals surface area contributed by atoms with Crippen molar-refractivity contribution < 1.29 is 13.2 Å². The van der Waals surface area contributed by atoms with Crippen molar-refractivity contribution >= 4 is 27.9 Å². The minimum absolute atomic E-state index is 0.292.